The molecule has 0 saturated carbocycles. The molecule has 166 valence electrons. The fraction of sp³-hybridized carbons (Fsp3) is 0.842. The zero-order chi connectivity index (χ0) is 21.5. The summed E-state index contributed by atoms with van der Waals surface area (Å²) < 4.78 is 10.6. The van der Waals surface area contributed by atoms with E-state index in [2.05, 4.69) is 0 Å². The second-order valence-corrected chi connectivity index (χ2v) is 7.32. The Morgan fingerprint density at radius 1 is 0.786 bits per heavy atom. The van der Waals surface area contributed by atoms with Crippen LogP contribution in [0.15, 0.2) is 11.6 Å². The van der Waals surface area contributed by atoms with Crippen LogP contribution >= 0.6 is 0 Å². The summed E-state index contributed by atoms with van der Waals surface area (Å²) in [7, 11) is 0. The highest BCUT2D eigenvalue weighted by Crippen LogP contribution is 2.21. The Balaban J connectivity index is 4.62. The third kappa shape index (κ3) is 9.42. The molecule has 0 unspecified atom stereocenters. The zero-order valence-corrected chi connectivity index (χ0v) is 16.7. The van der Waals surface area contributed by atoms with E-state index in [0.717, 1.165) is 19.3 Å². The van der Waals surface area contributed by atoms with E-state index in [9.17, 15) is 30.3 Å². The second-order valence-electron chi connectivity index (χ2n) is 7.32. The standard InChI is InChI=1S/C19H36O9/c1-16(6-4-2-3-5-7-20)17(26)28-15-19(11-24,12-25)14-27-13-18(8-21,9-22)10-23/h6,20-25H,2-5,7-15H2,1H3. The average Bonchev–Trinajstić information content (AvgIpc) is 2.73. The van der Waals surface area contributed by atoms with Crippen LogP contribution in [-0.4, -0.2) is 96.1 Å². The molecular weight excluding hydrogens is 372 g/mol. The van der Waals surface area contributed by atoms with E-state index < -0.39 is 49.8 Å². The van der Waals surface area contributed by atoms with Crippen molar-refractivity contribution in [1.29, 1.82) is 0 Å². The van der Waals surface area contributed by atoms with Crippen LogP contribution in [0.5, 0.6) is 0 Å². The molecule has 0 aliphatic heterocycles. The highest BCUT2D eigenvalue weighted by atomic mass is 16.5. The lowest BCUT2D eigenvalue weighted by Gasteiger charge is -2.32. The van der Waals surface area contributed by atoms with Gasteiger partial charge in [-0.05, 0) is 26.2 Å². The minimum atomic E-state index is -1.25. The third-order valence-corrected chi connectivity index (χ3v) is 4.64. The van der Waals surface area contributed by atoms with E-state index in [4.69, 9.17) is 14.6 Å². The molecule has 28 heavy (non-hydrogen) atoms. The summed E-state index contributed by atoms with van der Waals surface area (Å²) in [6, 6.07) is 0. The molecule has 0 rings (SSSR count). The van der Waals surface area contributed by atoms with Crippen molar-refractivity contribution in [3.8, 4) is 0 Å². The molecule has 9 heteroatoms. The number of aliphatic hydroxyl groups is 6. The summed E-state index contributed by atoms with van der Waals surface area (Å²) in [4.78, 5) is 12.1. The van der Waals surface area contributed by atoms with Crippen LogP contribution in [-0.2, 0) is 14.3 Å². The zero-order valence-electron chi connectivity index (χ0n) is 16.7. The predicted molar refractivity (Wildman–Crippen MR) is 101 cm³/mol. The van der Waals surface area contributed by atoms with E-state index in [-0.39, 0.29) is 26.4 Å². The maximum absolute atomic E-state index is 12.1. The lowest BCUT2D eigenvalue weighted by atomic mass is 9.90. The van der Waals surface area contributed by atoms with Crippen LogP contribution in [0.4, 0.5) is 0 Å². The van der Waals surface area contributed by atoms with E-state index in [1.54, 1.807) is 13.0 Å². The predicted octanol–water partition coefficient (Wildman–Crippen LogP) is -1.02. The van der Waals surface area contributed by atoms with Gasteiger partial charge in [0.1, 0.15) is 6.61 Å². The third-order valence-electron chi connectivity index (χ3n) is 4.64. The number of esters is 1. The summed E-state index contributed by atoms with van der Waals surface area (Å²) in [5, 5.41) is 55.9. The van der Waals surface area contributed by atoms with Crippen molar-refractivity contribution in [1.82, 2.24) is 0 Å². The van der Waals surface area contributed by atoms with Crippen molar-refractivity contribution in [3.05, 3.63) is 11.6 Å². The number of hydrogen-bond donors (Lipinski definition) is 6. The van der Waals surface area contributed by atoms with Gasteiger partial charge in [-0.1, -0.05) is 12.5 Å². The van der Waals surface area contributed by atoms with E-state index >= 15 is 0 Å². The van der Waals surface area contributed by atoms with Crippen molar-refractivity contribution < 1.29 is 44.9 Å². The van der Waals surface area contributed by atoms with Gasteiger partial charge < -0.3 is 40.1 Å². The van der Waals surface area contributed by atoms with E-state index in [1.165, 1.54) is 0 Å². The van der Waals surface area contributed by atoms with Gasteiger partial charge in [-0.25, -0.2) is 4.79 Å². The average molecular weight is 408 g/mol. The number of unbranched alkanes of at least 4 members (excludes halogenated alkanes) is 3. The van der Waals surface area contributed by atoms with Gasteiger partial charge in [0.15, 0.2) is 0 Å². The molecule has 0 fully saturated rings. The Morgan fingerprint density at radius 2 is 1.32 bits per heavy atom. The number of rotatable bonds is 17. The van der Waals surface area contributed by atoms with Gasteiger partial charge in [0.2, 0.25) is 0 Å². The number of carbonyl (C=O) groups is 1. The van der Waals surface area contributed by atoms with Gasteiger partial charge in [0, 0.05) is 12.2 Å². The van der Waals surface area contributed by atoms with Crippen LogP contribution in [0.2, 0.25) is 0 Å². The molecule has 0 saturated heterocycles. The number of ether oxygens (including phenoxy) is 2. The molecule has 0 spiro atoms. The fourth-order valence-corrected chi connectivity index (χ4v) is 2.21. The van der Waals surface area contributed by atoms with Crippen LogP contribution in [0.3, 0.4) is 0 Å². The maximum Gasteiger partial charge on any atom is 0.333 e. The minimum Gasteiger partial charge on any atom is -0.461 e. The van der Waals surface area contributed by atoms with Gasteiger partial charge in [-0.2, -0.15) is 0 Å². The molecule has 0 aromatic rings. The lowest BCUT2D eigenvalue weighted by Crippen LogP contribution is -2.44. The monoisotopic (exact) mass is 408 g/mol. The van der Waals surface area contributed by atoms with Gasteiger partial charge in [0.25, 0.3) is 0 Å². The Bertz CT molecular complexity index is 434. The van der Waals surface area contributed by atoms with Crippen LogP contribution < -0.4 is 0 Å². The van der Waals surface area contributed by atoms with E-state index in [0.29, 0.717) is 12.0 Å². The van der Waals surface area contributed by atoms with Crippen molar-refractivity contribution in [2.45, 2.75) is 32.6 Å². The van der Waals surface area contributed by atoms with Crippen molar-refractivity contribution in [2.24, 2.45) is 10.8 Å². The SMILES string of the molecule is CC(=CCCCCCO)C(=O)OCC(CO)(CO)COCC(CO)(CO)CO. The number of carbonyl (C=O) groups excluding carboxylic acids is 1. The summed E-state index contributed by atoms with van der Waals surface area (Å²) in [6.45, 7) is -1.42. The van der Waals surface area contributed by atoms with Crippen LogP contribution in [0, 0.1) is 10.8 Å². The molecule has 0 aliphatic carbocycles. The van der Waals surface area contributed by atoms with Gasteiger partial charge in [-0.3, -0.25) is 0 Å². The number of hydrogen-bond acceptors (Lipinski definition) is 9. The summed E-state index contributed by atoms with van der Waals surface area (Å²) in [5.41, 5.74) is -2.07. The van der Waals surface area contributed by atoms with Crippen molar-refractivity contribution in [3.63, 3.8) is 0 Å². The molecule has 9 nitrogen and oxygen atoms in total. The van der Waals surface area contributed by atoms with Gasteiger partial charge >= 0.3 is 5.97 Å². The molecule has 0 amide bonds. The first-order chi connectivity index (χ1) is 13.4. The highest BCUT2D eigenvalue weighted by molar-refractivity contribution is 5.87. The molecule has 0 aromatic heterocycles. The second kappa shape index (κ2) is 14.9. The van der Waals surface area contributed by atoms with E-state index in [1.807, 2.05) is 0 Å². The molecule has 6 N–H and O–H groups in total. The number of allylic oxidation sites excluding steroid dienone is 1. The Labute approximate surface area is 166 Å². The Hall–Kier alpha value is -1.07. The highest BCUT2D eigenvalue weighted by Gasteiger charge is 2.34. The molecule has 0 aliphatic rings. The first-order valence-electron chi connectivity index (χ1n) is 9.45. The Morgan fingerprint density at radius 3 is 1.82 bits per heavy atom. The molecular formula is C19H36O9. The first-order valence-corrected chi connectivity index (χ1v) is 9.45. The molecule has 0 atom stereocenters. The summed E-state index contributed by atoms with van der Waals surface area (Å²) in [6.07, 6.45) is 4.85. The summed E-state index contributed by atoms with van der Waals surface area (Å²) >= 11 is 0. The quantitative estimate of drug-likeness (QED) is 0.101. The normalized spacial score (nSPS) is 13.0. The minimum absolute atomic E-state index is 0.146. The van der Waals surface area contributed by atoms with Crippen molar-refractivity contribution in [2.75, 3.05) is 59.5 Å². The maximum atomic E-state index is 12.1. The molecule has 0 bridgehead atoms. The molecule has 0 aromatic carbocycles. The lowest BCUT2D eigenvalue weighted by molar-refractivity contribution is -0.150. The molecule has 0 radical (unpaired) electrons. The smallest absolute Gasteiger partial charge is 0.333 e. The fourth-order valence-electron chi connectivity index (χ4n) is 2.21. The van der Waals surface area contributed by atoms with Gasteiger partial charge in [-0.15, -0.1) is 0 Å². The van der Waals surface area contributed by atoms with Crippen molar-refractivity contribution >= 4 is 5.97 Å². The topological polar surface area (TPSA) is 157 Å². The van der Waals surface area contributed by atoms with Crippen LogP contribution in [0.1, 0.15) is 32.6 Å². The Kier molecular flexibility index (Phi) is 14.3. The largest absolute Gasteiger partial charge is 0.461 e. The molecule has 0 heterocycles. The first kappa shape index (κ1) is 26.9. The summed E-state index contributed by atoms with van der Waals surface area (Å²) in [5.74, 6) is -0.566. The van der Waals surface area contributed by atoms with Gasteiger partial charge in [0.05, 0.1) is 57.1 Å². The van der Waals surface area contributed by atoms with Crippen LogP contribution in [0.25, 0.3) is 0 Å². The number of aliphatic hydroxyl groups excluding tert-OH is 6.